The Morgan fingerprint density at radius 3 is 3.20 bits per heavy atom. The Morgan fingerprint density at radius 1 is 1.50 bits per heavy atom. The molecule has 2 rings (SSSR count). The summed E-state index contributed by atoms with van der Waals surface area (Å²) >= 11 is 0. The van der Waals surface area contributed by atoms with Gasteiger partial charge in [0.25, 0.3) is 0 Å². The molecule has 0 aromatic rings. The molecule has 1 N–H and O–H groups in total. The second-order valence-corrected chi connectivity index (χ2v) is 3.01. The van der Waals surface area contributed by atoms with Gasteiger partial charge in [-0.1, -0.05) is 0 Å². The van der Waals surface area contributed by atoms with Crippen molar-refractivity contribution in [2.45, 2.75) is 31.7 Å². The van der Waals surface area contributed by atoms with Crippen LogP contribution in [0, 0.1) is 0 Å². The molecule has 1 amide bonds. The number of carbonyl (C=O) groups excluding carboxylic acids is 1. The number of hydrazine groups is 1. The lowest BCUT2D eigenvalue weighted by molar-refractivity contribution is -0.133. The fourth-order valence-corrected chi connectivity index (χ4v) is 1.77. The van der Waals surface area contributed by atoms with Crippen molar-refractivity contribution in [1.82, 2.24) is 10.4 Å². The molecule has 0 aliphatic carbocycles. The van der Waals surface area contributed by atoms with E-state index in [1.807, 2.05) is 5.01 Å². The highest BCUT2D eigenvalue weighted by molar-refractivity contribution is 5.78. The molecule has 0 saturated carbocycles. The van der Waals surface area contributed by atoms with Crippen molar-refractivity contribution in [3.63, 3.8) is 0 Å². The Labute approximate surface area is 60.4 Å². The molecule has 0 bridgehead atoms. The third kappa shape index (κ3) is 0.814. The molecule has 1 atom stereocenters. The van der Waals surface area contributed by atoms with Gasteiger partial charge in [0.1, 0.15) is 0 Å². The molecule has 10 heavy (non-hydrogen) atoms. The average molecular weight is 140 g/mol. The summed E-state index contributed by atoms with van der Waals surface area (Å²) in [7, 11) is 0. The summed E-state index contributed by atoms with van der Waals surface area (Å²) in [5, 5.41) is 1.82. The van der Waals surface area contributed by atoms with Gasteiger partial charge in [-0.3, -0.25) is 9.80 Å². The van der Waals surface area contributed by atoms with Crippen molar-refractivity contribution in [2.75, 3.05) is 6.54 Å². The molecule has 2 aliphatic heterocycles. The van der Waals surface area contributed by atoms with Gasteiger partial charge in [0.2, 0.25) is 5.91 Å². The Morgan fingerprint density at radius 2 is 2.40 bits per heavy atom. The number of carbonyl (C=O) groups is 1. The van der Waals surface area contributed by atoms with Crippen molar-refractivity contribution in [3.8, 4) is 0 Å². The Kier molecular flexibility index (Phi) is 1.38. The summed E-state index contributed by atoms with van der Waals surface area (Å²) in [4.78, 5) is 11.1. The lowest BCUT2D eigenvalue weighted by atomic mass is 10.1. The van der Waals surface area contributed by atoms with Crippen LogP contribution < -0.4 is 5.43 Å². The predicted octanol–water partition coefficient (Wildman–Crippen LogP) is 0.276. The first-order valence-electron chi connectivity index (χ1n) is 3.93. The number of rotatable bonds is 0. The fraction of sp³-hybridized carbons (Fsp3) is 0.857. The van der Waals surface area contributed by atoms with Gasteiger partial charge in [0, 0.05) is 19.0 Å². The second kappa shape index (κ2) is 2.23. The molecule has 0 spiro atoms. The van der Waals surface area contributed by atoms with Crippen molar-refractivity contribution >= 4 is 5.91 Å². The van der Waals surface area contributed by atoms with Crippen LogP contribution in [0.4, 0.5) is 0 Å². The van der Waals surface area contributed by atoms with Crippen LogP contribution in [0.3, 0.4) is 0 Å². The topological polar surface area (TPSA) is 32.3 Å². The number of amides is 1. The van der Waals surface area contributed by atoms with Crippen LogP contribution >= 0.6 is 0 Å². The van der Waals surface area contributed by atoms with Gasteiger partial charge in [0.15, 0.2) is 0 Å². The van der Waals surface area contributed by atoms with Gasteiger partial charge in [0.05, 0.1) is 0 Å². The fourth-order valence-electron chi connectivity index (χ4n) is 1.77. The number of hydrogen-bond donors (Lipinski definition) is 1. The van der Waals surface area contributed by atoms with Gasteiger partial charge in [-0.25, -0.2) is 5.43 Å². The van der Waals surface area contributed by atoms with Gasteiger partial charge < -0.3 is 0 Å². The Balaban J connectivity index is 2.08. The Hall–Kier alpha value is -0.570. The third-order valence-corrected chi connectivity index (χ3v) is 2.32. The summed E-state index contributed by atoms with van der Waals surface area (Å²) in [6.07, 6.45) is 4.22. The van der Waals surface area contributed by atoms with E-state index in [1.165, 1.54) is 12.8 Å². The molecule has 2 heterocycles. The average Bonchev–Trinajstić information content (AvgIpc) is 2.34. The minimum Gasteiger partial charge on any atom is -0.275 e. The van der Waals surface area contributed by atoms with Crippen LogP contribution in [0.15, 0.2) is 0 Å². The van der Waals surface area contributed by atoms with E-state index >= 15 is 0 Å². The number of hydrogen-bond acceptors (Lipinski definition) is 2. The van der Waals surface area contributed by atoms with Crippen LogP contribution in [0.1, 0.15) is 25.7 Å². The first-order chi connectivity index (χ1) is 4.88. The highest BCUT2D eigenvalue weighted by atomic mass is 16.2. The smallest absolute Gasteiger partial charge is 0.237 e. The zero-order chi connectivity index (χ0) is 6.97. The van der Waals surface area contributed by atoms with E-state index < -0.39 is 0 Å². The molecule has 2 saturated heterocycles. The molecular weight excluding hydrogens is 128 g/mol. The third-order valence-electron chi connectivity index (χ3n) is 2.32. The van der Waals surface area contributed by atoms with E-state index in [1.54, 1.807) is 0 Å². The standard InChI is InChI=1S/C7H12N2O/c10-7-4-3-6-2-1-5-8-9(6)7/h6,8H,1-5H2. The maximum absolute atomic E-state index is 11.1. The number of fused-ring (bicyclic) bond motifs is 1. The zero-order valence-corrected chi connectivity index (χ0v) is 5.97. The van der Waals surface area contributed by atoms with Gasteiger partial charge >= 0.3 is 0 Å². The van der Waals surface area contributed by atoms with Gasteiger partial charge in [-0.05, 0) is 19.3 Å². The van der Waals surface area contributed by atoms with E-state index in [0.717, 1.165) is 19.4 Å². The molecule has 56 valence electrons. The highest BCUT2D eigenvalue weighted by Crippen LogP contribution is 2.22. The minimum absolute atomic E-state index is 0.282. The molecule has 0 aromatic heterocycles. The van der Waals surface area contributed by atoms with E-state index in [0.29, 0.717) is 6.04 Å². The zero-order valence-electron chi connectivity index (χ0n) is 5.97. The minimum atomic E-state index is 0.282. The molecule has 2 aliphatic rings. The van der Waals surface area contributed by atoms with Crippen LogP contribution in [-0.4, -0.2) is 23.5 Å². The predicted molar refractivity (Wildman–Crippen MR) is 37.1 cm³/mol. The summed E-state index contributed by atoms with van der Waals surface area (Å²) in [6, 6.07) is 0.515. The maximum Gasteiger partial charge on any atom is 0.237 e. The van der Waals surface area contributed by atoms with Crippen LogP contribution in [-0.2, 0) is 4.79 Å². The molecule has 0 aromatic carbocycles. The van der Waals surface area contributed by atoms with Crippen molar-refractivity contribution in [1.29, 1.82) is 0 Å². The van der Waals surface area contributed by atoms with Crippen molar-refractivity contribution in [2.24, 2.45) is 0 Å². The van der Waals surface area contributed by atoms with E-state index in [4.69, 9.17) is 0 Å². The summed E-state index contributed by atoms with van der Waals surface area (Å²) < 4.78 is 0. The lowest BCUT2D eigenvalue weighted by Gasteiger charge is -2.29. The summed E-state index contributed by atoms with van der Waals surface area (Å²) in [5.41, 5.74) is 3.11. The first-order valence-corrected chi connectivity index (χ1v) is 3.93. The van der Waals surface area contributed by atoms with Gasteiger partial charge in [-0.15, -0.1) is 0 Å². The second-order valence-electron chi connectivity index (χ2n) is 3.01. The molecule has 3 heteroatoms. The molecular formula is C7H12N2O. The SMILES string of the molecule is O=C1CCC2CCCNN12. The molecule has 3 nitrogen and oxygen atoms in total. The Bertz CT molecular complexity index is 158. The maximum atomic E-state index is 11.1. The molecule has 2 fully saturated rings. The van der Waals surface area contributed by atoms with Gasteiger partial charge in [-0.2, -0.15) is 0 Å². The summed E-state index contributed by atoms with van der Waals surface area (Å²) in [5.74, 6) is 0.282. The van der Waals surface area contributed by atoms with Crippen molar-refractivity contribution < 1.29 is 4.79 Å². The van der Waals surface area contributed by atoms with Crippen molar-refractivity contribution in [3.05, 3.63) is 0 Å². The number of nitrogens with one attached hydrogen (secondary N) is 1. The molecule has 0 radical (unpaired) electrons. The van der Waals surface area contributed by atoms with E-state index in [-0.39, 0.29) is 5.91 Å². The number of nitrogens with zero attached hydrogens (tertiary/aromatic N) is 1. The van der Waals surface area contributed by atoms with Crippen LogP contribution in [0.5, 0.6) is 0 Å². The highest BCUT2D eigenvalue weighted by Gasteiger charge is 2.32. The van der Waals surface area contributed by atoms with E-state index in [2.05, 4.69) is 5.43 Å². The quantitative estimate of drug-likeness (QED) is 0.524. The summed E-state index contributed by atoms with van der Waals surface area (Å²) in [6.45, 7) is 0.974. The van der Waals surface area contributed by atoms with Crippen LogP contribution in [0.2, 0.25) is 0 Å². The van der Waals surface area contributed by atoms with E-state index in [9.17, 15) is 4.79 Å². The first kappa shape index (κ1) is 6.16. The monoisotopic (exact) mass is 140 g/mol. The largest absolute Gasteiger partial charge is 0.275 e. The molecule has 1 unspecified atom stereocenters. The lowest BCUT2D eigenvalue weighted by Crippen LogP contribution is -2.48. The van der Waals surface area contributed by atoms with Crippen LogP contribution in [0.25, 0.3) is 0 Å². The normalized spacial score (nSPS) is 32.6.